The molecule has 0 spiro atoms. The van der Waals surface area contributed by atoms with Gasteiger partial charge in [-0.2, -0.15) is 4.72 Å². The summed E-state index contributed by atoms with van der Waals surface area (Å²) in [6, 6.07) is 0.476. The largest absolute Gasteiger partial charge is 0.480 e. The molecule has 0 saturated heterocycles. The minimum absolute atomic E-state index is 0.0932. The van der Waals surface area contributed by atoms with Crippen LogP contribution in [-0.4, -0.2) is 25.5 Å². The predicted molar refractivity (Wildman–Crippen MR) is 75.0 cm³/mol. The normalized spacial score (nSPS) is 13.7. The van der Waals surface area contributed by atoms with Crippen molar-refractivity contribution in [1.29, 1.82) is 0 Å². The third kappa shape index (κ3) is 4.29. The van der Waals surface area contributed by atoms with Crippen molar-refractivity contribution in [3.8, 4) is 0 Å². The molecule has 0 aromatic carbocycles. The summed E-state index contributed by atoms with van der Waals surface area (Å²) < 4.78 is 26.7. The van der Waals surface area contributed by atoms with Crippen LogP contribution in [0.3, 0.4) is 0 Å². The molecule has 5 nitrogen and oxygen atoms in total. The van der Waals surface area contributed by atoms with Crippen LogP contribution in [0.1, 0.15) is 30.7 Å². The standard InChI is InChI=1S/C12H19NO4S2/c1-7(2)5-10(12(14)15)13-19(16,17)11-6-8(3)9(4)18-11/h6-7,10,13H,5H2,1-4H3,(H,14,15)/t10-/m0/s1. The summed E-state index contributed by atoms with van der Waals surface area (Å²) in [6.07, 6.45) is 0.262. The molecule has 0 aliphatic carbocycles. The summed E-state index contributed by atoms with van der Waals surface area (Å²) >= 11 is 1.15. The van der Waals surface area contributed by atoms with Crippen LogP contribution in [0.4, 0.5) is 0 Å². The summed E-state index contributed by atoms with van der Waals surface area (Å²) in [5, 5.41) is 9.07. The molecule has 1 aromatic heterocycles. The molecule has 1 rings (SSSR count). The smallest absolute Gasteiger partial charge is 0.321 e. The van der Waals surface area contributed by atoms with Gasteiger partial charge in [-0.25, -0.2) is 8.42 Å². The number of aryl methyl sites for hydroxylation is 2. The molecule has 0 saturated carbocycles. The van der Waals surface area contributed by atoms with Crippen LogP contribution in [0, 0.1) is 19.8 Å². The number of rotatable bonds is 6. The van der Waals surface area contributed by atoms with Gasteiger partial charge in [0, 0.05) is 4.88 Å². The second kappa shape index (κ2) is 6.02. The second-order valence-corrected chi connectivity index (χ2v) is 8.14. The van der Waals surface area contributed by atoms with E-state index in [1.807, 2.05) is 27.7 Å². The van der Waals surface area contributed by atoms with Crippen molar-refractivity contribution >= 4 is 27.3 Å². The van der Waals surface area contributed by atoms with Gasteiger partial charge in [0.05, 0.1) is 0 Å². The van der Waals surface area contributed by atoms with Crippen molar-refractivity contribution in [1.82, 2.24) is 4.72 Å². The SMILES string of the molecule is Cc1cc(S(=O)(=O)N[C@@H](CC(C)C)C(=O)O)sc1C. The van der Waals surface area contributed by atoms with Gasteiger partial charge in [-0.3, -0.25) is 4.79 Å². The predicted octanol–water partition coefficient (Wildman–Crippen LogP) is 2.14. The zero-order chi connectivity index (χ0) is 14.8. The second-order valence-electron chi connectivity index (χ2n) is 4.95. The molecule has 19 heavy (non-hydrogen) atoms. The fourth-order valence-electron chi connectivity index (χ4n) is 1.59. The maximum Gasteiger partial charge on any atom is 0.321 e. The van der Waals surface area contributed by atoms with E-state index < -0.39 is 22.0 Å². The van der Waals surface area contributed by atoms with E-state index in [2.05, 4.69) is 4.72 Å². The maximum atomic E-state index is 12.1. The van der Waals surface area contributed by atoms with Crippen LogP contribution >= 0.6 is 11.3 Å². The van der Waals surface area contributed by atoms with Crippen LogP contribution in [0.5, 0.6) is 0 Å². The van der Waals surface area contributed by atoms with Gasteiger partial charge in [0.1, 0.15) is 10.3 Å². The van der Waals surface area contributed by atoms with E-state index in [1.54, 1.807) is 6.07 Å². The van der Waals surface area contributed by atoms with Crippen molar-refractivity contribution in [3.05, 3.63) is 16.5 Å². The minimum atomic E-state index is -3.76. The van der Waals surface area contributed by atoms with E-state index in [4.69, 9.17) is 5.11 Å². The monoisotopic (exact) mass is 305 g/mol. The van der Waals surface area contributed by atoms with Crippen LogP contribution < -0.4 is 4.72 Å². The van der Waals surface area contributed by atoms with E-state index in [9.17, 15) is 13.2 Å². The topological polar surface area (TPSA) is 83.5 Å². The van der Waals surface area contributed by atoms with E-state index in [0.29, 0.717) is 0 Å². The average molecular weight is 305 g/mol. The Morgan fingerprint density at radius 3 is 2.37 bits per heavy atom. The third-order valence-corrected chi connectivity index (χ3v) is 5.81. The zero-order valence-corrected chi connectivity index (χ0v) is 13.1. The lowest BCUT2D eigenvalue weighted by atomic mass is 10.1. The first kappa shape index (κ1) is 16.1. The van der Waals surface area contributed by atoms with Gasteiger partial charge in [-0.15, -0.1) is 11.3 Å². The summed E-state index contributed by atoms with van der Waals surface area (Å²) in [4.78, 5) is 12.0. The Kier molecular flexibility index (Phi) is 5.11. The molecule has 0 aliphatic heterocycles. The van der Waals surface area contributed by atoms with E-state index >= 15 is 0 Å². The van der Waals surface area contributed by atoms with Crippen LogP contribution in [0.15, 0.2) is 10.3 Å². The lowest BCUT2D eigenvalue weighted by molar-refractivity contribution is -0.139. The zero-order valence-electron chi connectivity index (χ0n) is 11.4. The molecular formula is C12H19NO4S2. The molecular weight excluding hydrogens is 286 g/mol. The molecule has 1 atom stereocenters. The number of carboxylic acid groups (broad SMARTS) is 1. The molecule has 1 heterocycles. The molecule has 0 bridgehead atoms. The lowest BCUT2D eigenvalue weighted by Gasteiger charge is -2.15. The number of nitrogens with one attached hydrogen (secondary N) is 1. The van der Waals surface area contributed by atoms with Crippen LogP contribution in [0.25, 0.3) is 0 Å². The Bertz CT molecular complexity index is 541. The van der Waals surface area contributed by atoms with Crippen molar-refractivity contribution < 1.29 is 18.3 Å². The van der Waals surface area contributed by atoms with Crippen molar-refractivity contribution in [2.45, 2.75) is 44.4 Å². The van der Waals surface area contributed by atoms with Gasteiger partial charge in [-0.1, -0.05) is 13.8 Å². The van der Waals surface area contributed by atoms with Gasteiger partial charge in [0.25, 0.3) is 10.0 Å². The third-order valence-electron chi connectivity index (χ3n) is 2.71. The summed E-state index contributed by atoms with van der Waals surface area (Å²) in [7, 11) is -3.76. The van der Waals surface area contributed by atoms with Crippen molar-refractivity contribution in [2.75, 3.05) is 0 Å². The van der Waals surface area contributed by atoms with E-state index in [1.165, 1.54) is 0 Å². The summed E-state index contributed by atoms with van der Waals surface area (Å²) in [5.74, 6) is -1.06. The quantitative estimate of drug-likeness (QED) is 0.843. The number of aliphatic carboxylic acids is 1. The Balaban J connectivity index is 2.97. The van der Waals surface area contributed by atoms with Crippen molar-refractivity contribution in [3.63, 3.8) is 0 Å². The Morgan fingerprint density at radius 1 is 1.42 bits per heavy atom. The highest BCUT2D eigenvalue weighted by Gasteiger charge is 2.27. The number of hydrogen-bond acceptors (Lipinski definition) is 4. The number of carboxylic acids is 1. The van der Waals surface area contributed by atoms with E-state index in [0.717, 1.165) is 21.8 Å². The molecule has 0 amide bonds. The van der Waals surface area contributed by atoms with Crippen LogP contribution in [-0.2, 0) is 14.8 Å². The first-order chi connectivity index (χ1) is 8.63. The molecule has 0 unspecified atom stereocenters. The first-order valence-electron chi connectivity index (χ1n) is 5.95. The molecule has 0 aliphatic rings. The summed E-state index contributed by atoms with van der Waals surface area (Å²) in [6.45, 7) is 7.36. The minimum Gasteiger partial charge on any atom is -0.480 e. The fourth-order valence-corrected chi connectivity index (χ4v) is 4.32. The highest BCUT2D eigenvalue weighted by molar-refractivity contribution is 7.91. The molecule has 0 fully saturated rings. The Labute approximate surface area is 117 Å². The first-order valence-corrected chi connectivity index (χ1v) is 8.25. The average Bonchev–Trinajstić information content (AvgIpc) is 2.58. The van der Waals surface area contributed by atoms with E-state index in [-0.39, 0.29) is 16.5 Å². The lowest BCUT2D eigenvalue weighted by Crippen LogP contribution is -2.41. The number of thiophene rings is 1. The summed E-state index contributed by atoms with van der Waals surface area (Å²) in [5.41, 5.74) is 0.890. The van der Waals surface area contributed by atoms with Crippen molar-refractivity contribution in [2.24, 2.45) is 5.92 Å². The number of sulfonamides is 1. The van der Waals surface area contributed by atoms with Gasteiger partial charge < -0.3 is 5.11 Å². The molecule has 0 radical (unpaired) electrons. The van der Waals surface area contributed by atoms with Gasteiger partial charge in [0.15, 0.2) is 0 Å². The number of carbonyl (C=O) groups is 1. The fraction of sp³-hybridized carbons (Fsp3) is 0.583. The Morgan fingerprint density at radius 2 is 2.00 bits per heavy atom. The Hall–Kier alpha value is -0.920. The maximum absolute atomic E-state index is 12.1. The number of hydrogen-bond donors (Lipinski definition) is 2. The van der Waals surface area contributed by atoms with Gasteiger partial charge >= 0.3 is 5.97 Å². The van der Waals surface area contributed by atoms with Gasteiger partial charge in [0.2, 0.25) is 0 Å². The highest BCUT2D eigenvalue weighted by atomic mass is 32.2. The molecule has 1 aromatic rings. The highest BCUT2D eigenvalue weighted by Crippen LogP contribution is 2.25. The molecule has 7 heteroatoms. The molecule has 2 N–H and O–H groups in total. The molecule has 108 valence electrons. The van der Waals surface area contributed by atoms with Gasteiger partial charge in [-0.05, 0) is 37.8 Å². The van der Waals surface area contributed by atoms with Crippen LogP contribution in [0.2, 0.25) is 0 Å².